The first-order valence-corrected chi connectivity index (χ1v) is 11.3. The molecule has 0 aliphatic carbocycles. The number of hydrogen-bond acceptors (Lipinski definition) is 6. The van der Waals surface area contributed by atoms with E-state index in [-0.39, 0.29) is 30.2 Å². The third-order valence-corrected chi connectivity index (χ3v) is 7.06. The number of nitrogens with one attached hydrogen (secondary N) is 1. The zero-order valence-electron chi connectivity index (χ0n) is 15.6. The van der Waals surface area contributed by atoms with Gasteiger partial charge in [-0.25, -0.2) is 4.98 Å². The monoisotopic (exact) mass is 484 g/mol. The number of halogens is 1. The van der Waals surface area contributed by atoms with Crippen molar-refractivity contribution in [2.24, 2.45) is 5.92 Å². The van der Waals surface area contributed by atoms with Crippen LogP contribution in [0, 0.1) is 12.8 Å². The Bertz CT molecular complexity index is 874. The van der Waals surface area contributed by atoms with Crippen molar-refractivity contribution in [3.8, 4) is 0 Å². The number of anilines is 1. The molecule has 0 atom stereocenters. The molecular formula is C18H21BrN4O3S2. The third kappa shape index (κ3) is 5.18. The maximum Gasteiger partial charge on any atom is 0.264 e. The Labute approximate surface area is 179 Å². The zero-order chi connectivity index (χ0) is 20.3. The molecule has 3 amide bonds. The van der Waals surface area contributed by atoms with Gasteiger partial charge in [0.25, 0.3) is 5.91 Å². The maximum absolute atomic E-state index is 12.5. The van der Waals surface area contributed by atoms with Gasteiger partial charge in [-0.3, -0.25) is 14.4 Å². The van der Waals surface area contributed by atoms with E-state index in [1.54, 1.807) is 18.0 Å². The van der Waals surface area contributed by atoms with Crippen LogP contribution in [0.15, 0.2) is 21.3 Å². The molecule has 2 aromatic rings. The molecular weight excluding hydrogens is 464 g/mol. The number of likely N-dealkylation sites (tertiary alicyclic amines) is 1. The Kier molecular flexibility index (Phi) is 6.84. The van der Waals surface area contributed by atoms with Crippen molar-refractivity contribution in [2.75, 3.05) is 32.0 Å². The van der Waals surface area contributed by atoms with Gasteiger partial charge in [0, 0.05) is 31.4 Å². The first kappa shape index (κ1) is 20.9. The Morgan fingerprint density at radius 1 is 1.32 bits per heavy atom. The predicted molar refractivity (Wildman–Crippen MR) is 114 cm³/mol. The maximum atomic E-state index is 12.5. The molecule has 0 saturated carbocycles. The van der Waals surface area contributed by atoms with E-state index in [4.69, 9.17) is 0 Å². The molecule has 3 heterocycles. The second kappa shape index (κ2) is 9.15. The van der Waals surface area contributed by atoms with Gasteiger partial charge in [-0.1, -0.05) is 0 Å². The van der Waals surface area contributed by atoms with E-state index in [2.05, 4.69) is 26.2 Å². The summed E-state index contributed by atoms with van der Waals surface area (Å²) in [5.41, 5.74) is 0.884. The van der Waals surface area contributed by atoms with E-state index in [9.17, 15) is 14.4 Å². The highest BCUT2D eigenvalue weighted by Gasteiger charge is 2.29. The van der Waals surface area contributed by atoms with Crippen molar-refractivity contribution in [1.29, 1.82) is 0 Å². The van der Waals surface area contributed by atoms with E-state index >= 15 is 0 Å². The fraction of sp³-hybridized carbons (Fsp3) is 0.444. The number of carbonyl (C=O) groups excluding carboxylic acids is 3. The largest absolute Gasteiger partial charge is 0.341 e. The fourth-order valence-electron chi connectivity index (χ4n) is 3.00. The molecule has 0 bridgehead atoms. The minimum absolute atomic E-state index is 0.0314. The van der Waals surface area contributed by atoms with Gasteiger partial charge >= 0.3 is 0 Å². The lowest BCUT2D eigenvalue weighted by atomic mass is 9.96. The molecule has 7 nitrogen and oxygen atoms in total. The SMILES string of the molecule is Cc1csc(NC(=O)C2CCN(C(=O)CN(C)C(=O)c3ccc(Br)s3)CC2)n1. The summed E-state index contributed by atoms with van der Waals surface area (Å²) in [7, 11) is 1.63. The molecule has 1 saturated heterocycles. The number of hydrogen-bond donors (Lipinski definition) is 1. The smallest absolute Gasteiger partial charge is 0.264 e. The summed E-state index contributed by atoms with van der Waals surface area (Å²) in [6.45, 7) is 2.94. The molecule has 1 aliphatic heterocycles. The van der Waals surface area contributed by atoms with Crippen LogP contribution >= 0.6 is 38.6 Å². The quantitative estimate of drug-likeness (QED) is 0.705. The van der Waals surface area contributed by atoms with E-state index in [1.807, 2.05) is 18.4 Å². The highest BCUT2D eigenvalue weighted by atomic mass is 79.9. The van der Waals surface area contributed by atoms with Crippen molar-refractivity contribution in [1.82, 2.24) is 14.8 Å². The first-order valence-electron chi connectivity index (χ1n) is 8.85. The van der Waals surface area contributed by atoms with Crippen LogP contribution < -0.4 is 5.32 Å². The number of piperidine rings is 1. The first-order chi connectivity index (χ1) is 13.3. The Hall–Kier alpha value is -1.78. The number of carbonyl (C=O) groups is 3. The van der Waals surface area contributed by atoms with E-state index < -0.39 is 0 Å². The number of thiophene rings is 1. The van der Waals surface area contributed by atoms with Gasteiger partial charge < -0.3 is 15.1 Å². The van der Waals surface area contributed by atoms with Crippen molar-refractivity contribution < 1.29 is 14.4 Å². The van der Waals surface area contributed by atoms with Crippen molar-refractivity contribution >= 4 is 61.5 Å². The van der Waals surface area contributed by atoms with Crippen LogP contribution in [0.2, 0.25) is 0 Å². The lowest BCUT2D eigenvalue weighted by Gasteiger charge is -2.32. The van der Waals surface area contributed by atoms with Gasteiger partial charge in [0.05, 0.1) is 20.9 Å². The van der Waals surface area contributed by atoms with Crippen molar-refractivity contribution in [3.63, 3.8) is 0 Å². The van der Waals surface area contributed by atoms with Crippen LogP contribution in [0.1, 0.15) is 28.2 Å². The minimum atomic E-state index is -0.169. The summed E-state index contributed by atoms with van der Waals surface area (Å²) < 4.78 is 0.879. The number of aromatic nitrogens is 1. The van der Waals surface area contributed by atoms with Crippen LogP contribution in [0.3, 0.4) is 0 Å². The number of nitrogens with zero attached hydrogens (tertiary/aromatic N) is 3. The summed E-state index contributed by atoms with van der Waals surface area (Å²) in [6.07, 6.45) is 1.22. The van der Waals surface area contributed by atoms with Gasteiger partial charge in [-0.2, -0.15) is 0 Å². The van der Waals surface area contributed by atoms with Gasteiger partial charge in [0.2, 0.25) is 11.8 Å². The standard InChI is InChI=1S/C18H21BrN4O3S2/c1-11-10-27-18(20-11)21-16(25)12-5-7-23(8-6-12)15(24)9-22(2)17(26)13-3-4-14(19)28-13/h3-4,10,12H,5-9H2,1-2H3,(H,20,21,25). The molecule has 0 unspecified atom stereocenters. The van der Waals surface area contributed by atoms with Gasteiger partial charge in [0.1, 0.15) is 0 Å². The molecule has 0 spiro atoms. The lowest BCUT2D eigenvalue weighted by molar-refractivity contribution is -0.134. The molecule has 0 aromatic carbocycles. The molecule has 10 heteroatoms. The number of aryl methyl sites for hydroxylation is 1. The molecule has 150 valence electrons. The zero-order valence-corrected chi connectivity index (χ0v) is 18.8. The minimum Gasteiger partial charge on any atom is -0.341 e. The Morgan fingerprint density at radius 3 is 2.61 bits per heavy atom. The summed E-state index contributed by atoms with van der Waals surface area (Å²) in [4.78, 5) is 45.3. The number of likely N-dealkylation sites (N-methyl/N-ethyl adjacent to an activating group) is 1. The van der Waals surface area contributed by atoms with Gasteiger partial charge in [-0.05, 0) is 47.8 Å². The number of thiazole rings is 1. The summed E-state index contributed by atoms with van der Waals surface area (Å²) >= 11 is 6.09. The molecule has 1 N–H and O–H groups in total. The predicted octanol–water partition coefficient (Wildman–Crippen LogP) is 3.22. The van der Waals surface area contributed by atoms with Crippen LogP contribution in [0.4, 0.5) is 5.13 Å². The average molecular weight is 485 g/mol. The number of rotatable bonds is 5. The summed E-state index contributed by atoms with van der Waals surface area (Å²) in [5, 5.41) is 5.36. The molecule has 28 heavy (non-hydrogen) atoms. The third-order valence-electron chi connectivity index (χ3n) is 4.57. The molecule has 1 aliphatic rings. The van der Waals surface area contributed by atoms with Crippen LogP contribution in [0.5, 0.6) is 0 Å². The average Bonchev–Trinajstić information content (AvgIpc) is 3.29. The molecule has 3 rings (SSSR count). The van der Waals surface area contributed by atoms with Crippen LogP contribution in [-0.2, 0) is 9.59 Å². The topological polar surface area (TPSA) is 82.6 Å². The normalized spacial score (nSPS) is 14.8. The second-order valence-corrected chi connectivity index (χ2v) is 10.0. The summed E-state index contributed by atoms with van der Waals surface area (Å²) in [6, 6.07) is 3.56. The Morgan fingerprint density at radius 2 is 2.04 bits per heavy atom. The van der Waals surface area contributed by atoms with Gasteiger partial charge in [-0.15, -0.1) is 22.7 Å². The summed E-state index contributed by atoms with van der Waals surface area (Å²) in [5.74, 6) is -0.439. The lowest BCUT2D eigenvalue weighted by Crippen LogP contribution is -2.46. The number of amides is 3. The van der Waals surface area contributed by atoms with E-state index in [0.29, 0.717) is 35.9 Å². The Balaban J connectivity index is 1.46. The molecule has 0 radical (unpaired) electrons. The van der Waals surface area contributed by atoms with E-state index in [1.165, 1.54) is 27.6 Å². The molecule has 1 fully saturated rings. The second-order valence-electron chi connectivity index (χ2n) is 6.70. The van der Waals surface area contributed by atoms with Crippen molar-refractivity contribution in [3.05, 3.63) is 31.9 Å². The highest BCUT2D eigenvalue weighted by molar-refractivity contribution is 9.11. The van der Waals surface area contributed by atoms with Crippen LogP contribution in [-0.4, -0.2) is 59.2 Å². The highest BCUT2D eigenvalue weighted by Crippen LogP contribution is 2.24. The van der Waals surface area contributed by atoms with Crippen LogP contribution in [0.25, 0.3) is 0 Å². The fourth-order valence-corrected chi connectivity index (χ4v) is 5.07. The van der Waals surface area contributed by atoms with Crippen molar-refractivity contribution in [2.45, 2.75) is 19.8 Å². The molecule has 2 aromatic heterocycles. The van der Waals surface area contributed by atoms with E-state index in [0.717, 1.165) is 9.48 Å². The van der Waals surface area contributed by atoms with Gasteiger partial charge in [0.15, 0.2) is 5.13 Å².